The number of anilines is 1. The van der Waals surface area contributed by atoms with Gasteiger partial charge in [-0.15, -0.1) is 0 Å². The molecule has 3 unspecified atom stereocenters. The molecule has 3 atom stereocenters. The van der Waals surface area contributed by atoms with Crippen LogP contribution < -0.4 is 5.32 Å². The normalized spacial score (nSPS) is 26.7. The summed E-state index contributed by atoms with van der Waals surface area (Å²) in [4.78, 5) is 12.4. The van der Waals surface area contributed by atoms with Crippen LogP contribution in [0.5, 0.6) is 0 Å². The Morgan fingerprint density at radius 1 is 1.32 bits per heavy atom. The first kappa shape index (κ1) is 12.3. The highest BCUT2D eigenvalue weighted by molar-refractivity contribution is 6.30. The molecule has 0 aliphatic heterocycles. The summed E-state index contributed by atoms with van der Waals surface area (Å²) in [6.07, 6.45) is 2.35. The third-order valence-corrected chi connectivity index (χ3v) is 3.53. The lowest BCUT2D eigenvalue weighted by Gasteiger charge is -2.19. The summed E-state index contributed by atoms with van der Waals surface area (Å²) >= 11 is 6.07. The number of aliphatic hydroxyl groups excluding tert-OH is 2. The highest BCUT2D eigenvalue weighted by atomic mass is 35.5. The van der Waals surface area contributed by atoms with Crippen LogP contribution >= 0.6 is 11.6 Å². The second-order valence-electron chi connectivity index (χ2n) is 4.27. The Morgan fingerprint density at radius 2 is 2.11 bits per heavy atom. The van der Waals surface area contributed by atoms with Gasteiger partial charge in [0.05, 0.1) is 6.33 Å². The Kier molecular flexibility index (Phi) is 2.89. The lowest BCUT2D eigenvalue weighted by molar-refractivity contribution is 0.0370. The maximum absolute atomic E-state index is 9.99. The Bertz CT molecular complexity index is 656. The zero-order valence-electron chi connectivity index (χ0n) is 10.0. The van der Waals surface area contributed by atoms with E-state index >= 15 is 0 Å². The molecule has 0 saturated heterocycles. The largest absolute Gasteiger partial charge is 0.388 e. The van der Waals surface area contributed by atoms with Gasteiger partial charge in [0.1, 0.15) is 30.1 Å². The maximum atomic E-state index is 9.99. The fraction of sp³-hybridized carbons (Fsp3) is 0.364. The molecule has 0 fully saturated rings. The first-order valence-electron chi connectivity index (χ1n) is 5.72. The van der Waals surface area contributed by atoms with Crippen molar-refractivity contribution in [1.29, 1.82) is 0 Å². The summed E-state index contributed by atoms with van der Waals surface area (Å²) in [5.41, 5.74) is 1.13. The van der Waals surface area contributed by atoms with Crippen molar-refractivity contribution < 1.29 is 10.2 Å². The second kappa shape index (κ2) is 4.44. The zero-order valence-corrected chi connectivity index (χ0v) is 10.8. The van der Waals surface area contributed by atoms with E-state index in [0.717, 1.165) is 0 Å². The van der Waals surface area contributed by atoms with Crippen molar-refractivity contribution in [2.24, 2.45) is 0 Å². The molecular formula is C11H12ClN5O2. The second-order valence-corrected chi connectivity index (χ2v) is 4.71. The minimum absolute atomic E-state index is 0.365. The number of nitrogens with zero attached hydrogens (tertiary/aromatic N) is 4. The van der Waals surface area contributed by atoms with Gasteiger partial charge in [-0.25, -0.2) is 15.0 Å². The average Bonchev–Trinajstić information content (AvgIpc) is 2.92. The summed E-state index contributed by atoms with van der Waals surface area (Å²) < 4.78 is 1.64. The number of imidazole rings is 1. The molecule has 0 spiro atoms. The number of hydrogen-bond donors (Lipinski definition) is 3. The van der Waals surface area contributed by atoms with Crippen molar-refractivity contribution >= 4 is 28.6 Å². The SMILES string of the molecule is CNc1ncnc2c1ncn2C1C(Cl)=CC(O)C1O. The van der Waals surface area contributed by atoms with Crippen molar-refractivity contribution in [3.63, 3.8) is 0 Å². The fourth-order valence-electron chi connectivity index (χ4n) is 2.25. The highest BCUT2D eigenvalue weighted by Crippen LogP contribution is 2.35. The van der Waals surface area contributed by atoms with Crippen molar-refractivity contribution in [2.45, 2.75) is 18.2 Å². The molecule has 0 saturated carbocycles. The molecule has 2 aromatic heterocycles. The van der Waals surface area contributed by atoms with Crippen molar-refractivity contribution in [3.8, 4) is 0 Å². The molecule has 0 radical (unpaired) electrons. The molecule has 1 aliphatic rings. The Labute approximate surface area is 113 Å². The standard InChI is InChI=1S/C11H12ClN5O2/c1-13-10-7-11(15-3-14-10)17(4-16-7)8-5(12)2-6(18)9(8)19/h2-4,6,8-9,18-19H,1H3,(H,13,14,15). The van der Waals surface area contributed by atoms with E-state index in [4.69, 9.17) is 11.6 Å². The number of aliphatic hydroxyl groups is 2. The Morgan fingerprint density at radius 3 is 2.74 bits per heavy atom. The van der Waals surface area contributed by atoms with Gasteiger partial charge in [0.2, 0.25) is 0 Å². The molecule has 0 bridgehead atoms. The van der Waals surface area contributed by atoms with Crippen LogP contribution in [0.2, 0.25) is 0 Å². The van der Waals surface area contributed by atoms with Gasteiger partial charge >= 0.3 is 0 Å². The number of hydrogen-bond acceptors (Lipinski definition) is 6. The number of fused-ring (bicyclic) bond motifs is 1. The van der Waals surface area contributed by atoms with Crippen molar-refractivity contribution in [3.05, 3.63) is 23.8 Å². The quantitative estimate of drug-likeness (QED) is 0.731. The molecule has 1 aliphatic carbocycles. The van der Waals surface area contributed by atoms with Gasteiger partial charge in [0.15, 0.2) is 11.5 Å². The van der Waals surface area contributed by atoms with Crippen LogP contribution in [0.4, 0.5) is 5.82 Å². The first-order chi connectivity index (χ1) is 9.13. The van der Waals surface area contributed by atoms with Gasteiger partial charge in [-0.3, -0.25) is 0 Å². The molecule has 0 aromatic carbocycles. The van der Waals surface area contributed by atoms with Crippen LogP contribution in [0.15, 0.2) is 23.8 Å². The maximum Gasteiger partial charge on any atom is 0.166 e. The van der Waals surface area contributed by atoms with E-state index in [2.05, 4.69) is 20.3 Å². The van der Waals surface area contributed by atoms with Gasteiger partial charge in [0.25, 0.3) is 0 Å². The molecule has 2 aromatic rings. The zero-order chi connectivity index (χ0) is 13.6. The number of rotatable bonds is 2. The predicted octanol–water partition coefficient (Wildman–Crippen LogP) is 0.267. The van der Waals surface area contributed by atoms with Crippen LogP contribution in [-0.2, 0) is 0 Å². The number of nitrogens with one attached hydrogen (secondary N) is 1. The van der Waals surface area contributed by atoms with E-state index in [0.29, 0.717) is 22.0 Å². The van der Waals surface area contributed by atoms with Gasteiger partial charge < -0.3 is 20.1 Å². The van der Waals surface area contributed by atoms with E-state index < -0.39 is 18.2 Å². The van der Waals surface area contributed by atoms with Crippen LogP contribution in [0, 0.1) is 0 Å². The molecule has 2 heterocycles. The van der Waals surface area contributed by atoms with Gasteiger partial charge in [-0.05, 0) is 6.08 Å². The van der Waals surface area contributed by atoms with Crippen LogP contribution in [0.1, 0.15) is 6.04 Å². The third-order valence-electron chi connectivity index (χ3n) is 3.18. The van der Waals surface area contributed by atoms with E-state index in [-0.39, 0.29) is 0 Å². The minimum Gasteiger partial charge on any atom is -0.388 e. The van der Waals surface area contributed by atoms with Gasteiger partial charge in [-0.2, -0.15) is 0 Å². The molecule has 3 N–H and O–H groups in total. The van der Waals surface area contributed by atoms with Crippen molar-refractivity contribution in [2.75, 3.05) is 12.4 Å². The number of halogens is 1. The molecule has 19 heavy (non-hydrogen) atoms. The molecule has 7 nitrogen and oxygen atoms in total. The van der Waals surface area contributed by atoms with E-state index in [1.165, 1.54) is 18.7 Å². The Hall–Kier alpha value is -1.70. The van der Waals surface area contributed by atoms with E-state index in [1.807, 2.05) is 0 Å². The van der Waals surface area contributed by atoms with Gasteiger partial charge in [0, 0.05) is 12.1 Å². The third kappa shape index (κ3) is 1.78. The predicted molar refractivity (Wildman–Crippen MR) is 69.9 cm³/mol. The lowest BCUT2D eigenvalue weighted by Crippen LogP contribution is -2.28. The smallest absolute Gasteiger partial charge is 0.166 e. The topological polar surface area (TPSA) is 96.1 Å². The Balaban J connectivity index is 2.14. The van der Waals surface area contributed by atoms with E-state index in [9.17, 15) is 10.2 Å². The minimum atomic E-state index is -1.02. The summed E-state index contributed by atoms with van der Waals surface area (Å²) in [6, 6.07) is -0.582. The summed E-state index contributed by atoms with van der Waals surface area (Å²) in [5, 5.41) is 22.9. The summed E-state index contributed by atoms with van der Waals surface area (Å²) in [7, 11) is 1.74. The summed E-state index contributed by atoms with van der Waals surface area (Å²) in [5.74, 6) is 0.594. The molecule has 8 heteroatoms. The molecule has 0 amide bonds. The molecule has 3 rings (SSSR count). The van der Waals surface area contributed by atoms with Crippen LogP contribution in [-0.4, -0.2) is 49.0 Å². The number of aromatic nitrogens is 4. The molecular weight excluding hydrogens is 270 g/mol. The summed E-state index contributed by atoms with van der Waals surface area (Å²) in [6.45, 7) is 0. The monoisotopic (exact) mass is 281 g/mol. The fourth-order valence-corrected chi connectivity index (χ4v) is 2.61. The first-order valence-corrected chi connectivity index (χ1v) is 6.10. The average molecular weight is 282 g/mol. The van der Waals surface area contributed by atoms with E-state index in [1.54, 1.807) is 11.6 Å². The van der Waals surface area contributed by atoms with Crippen LogP contribution in [0.25, 0.3) is 11.2 Å². The van der Waals surface area contributed by atoms with Crippen molar-refractivity contribution in [1.82, 2.24) is 19.5 Å². The van der Waals surface area contributed by atoms with Gasteiger partial charge in [-0.1, -0.05) is 11.6 Å². The lowest BCUT2D eigenvalue weighted by atomic mass is 10.2. The molecule has 100 valence electrons. The highest BCUT2D eigenvalue weighted by Gasteiger charge is 2.36. The van der Waals surface area contributed by atoms with Crippen LogP contribution in [0.3, 0.4) is 0 Å².